The molecule has 0 aromatic carbocycles. The lowest BCUT2D eigenvalue weighted by atomic mass is 9.98. The summed E-state index contributed by atoms with van der Waals surface area (Å²) in [5.41, 5.74) is -1.13. The Labute approximate surface area is 120 Å². The van der Waals surface area contributed by atoms with E-state index in [0.717, 1.165) is 25.7 Å². The van der Waals surface area contributed by atoms with E-state index >= 15 is 0 Å². The molecule has 6 nitrogen and oxygen atoms in total. The molecule has 3 N–H and O–H groups in total. The molecule has 0 unspecified atom stereocenters. The second kappa shape index (κ2) is 7.47. The van der Waals surface area contributed by atoms with Gasteiger partial charge in [-0.2, -0.15) is 0 Å². The fourth-order valence-electron chi connectivity index (χ4n) is 2.93. The average Bonchev–Trinajstić information content (AvgIpc) is 2.89. The summed E-state index contributed by atoms with van der Waals surface area (Å²) in [7, 11) is 0. The Kier molecular flexibility index (Phi) is 6.26. The zero-order valence-corrected chi connectivity index (χ0v) is 12.4. The van der Waals surface area contributed by atoms with Crippen molar-refractivity contribution in [2.45, 2.75) is 64.0 Å². The molecule has 1 aliphatic rings. The Morgan fingerprint density at radius 1 is 1.25 bits per heavy atom. The van der Waals surface area contributed by atoms with Crippen molar-refractivity contribution in [3.8, 4) is 0 Å². The van der Waals surface area contributed by atoms with Crippen LogP contribution in [0.2, 0.25) is 0 Å². The van der Waals surface area contributed by atoms with Gasteiger partial charge in [-0.05, 0) is 25.7 Å². The minimum atomic E-state index is -1.13. The van der Waals surface area contributed by atoms with E-state index in [1.807, 2.05) is 13.8 Å². The van der Waals surface area contributed by atoms with E-state index in [0.29, 0.717) is 12.8 Å². The van der Waals surface area contributed by atoms with E-state index in [1.54, 1.807) is 4.90 Å². The summed E-state index contributed by atoms with van der Waals surface area (Å²) in [6.45, 7) is 4.07. The molecule has 1 fully saturated rings. The van der Waals surface area contributed by atoms with Gasteiger partial charge >= 0.3 is 12.0 Å². The lowest BCUT2D eigenvalue weighted by Gasteiger charge is -2.34. The van der Waals surface area contributed by atoms with Crippen molar-refractivity contribution in [1.82, 2.24) is 10.2 Å². The monoisotopic (exact) mass is 286 g/mol. The predicted molar refractivity (Wildman–Crippen MR) is 75.5 cm³/mol. The maximum atomic E-state index is 12.4. The van der Waals surface area contributed by atoms with Crippen molar-refractivity contribution in [2.24, 2.45) is 0 Å². The first-order chi connectivity index (χ1) is 9.50. The van der Waals surface area contributed by atoms with Crippen LogP contribution in [0.5, 0.6) is 0 Å². The molecular weight excluding hydrogens is 260 g/mol. The van der Waals surface area contributed by atoms with E-state index in [9.17, 15) is 14.7 Å². The van der Waals surface area contributed by atoms with Crippen molar-refractivity contribution in [3.63, 3.8) is 0 Å². The molecule has 0 heterocycles. The largest absolute Gasteiger partial charge is 0.480 e. The van der Waals surface area contributed by atoms with E-state index in [4.69, 9.17) is 5.11 Å². The number of amides is 2. The molecule has 0 saturated heterocycles. The van der Waals surface area contributed by atoms with Crippen molar-refractivity contribution in [1.29, 1.82) is 0 Å². The van der Waals surface area contributed by atoms with Crippen LogP contribution in [0.25, 0.3) is 0 Å². The standard InChI is InChI=1S/C14H26N2O4/c1-3-11(4-2)16(9-10-17)13(20)15-14(12(18)19)7-5-6-8-14/h11,17H,3-10H2,1-2H3,(H,15,20)(H,18,19). The molecule has 2 amide bonds. The fraction of sp³-hybridized carbons (Fsp3) is 0.857. The SMILES string of the molecule is CCC(CC)N(CCO)C(=O)NC1(C(=O)O)CCCC1. The lowest BCUT2D eigenvalue weighted by Crippen LogP contribution is -2.58. The number of hydrogen-bond donors (Lipinski definition) is 3. The maximum Gasteiger partial charge on any atom is 0.329 e. The number of urea groups is 1. The number of aliphatic carboxylic acids is 1. The van der Waals surface area contributed by atoms with Crippen molar-refractivity contribution >= 4 is 12.0 Å². The fourth-order valence-corrected chi connectivity index (χ4v) is 2.93. The molecule has 0 aliphatic heterocycles. The van der Waals surface area contributed by atoms with Gasteiger partial charge in [0.15, 0.2) is 0 Å². The van der Waals surface area contributed by atoms with Gasteiger partial charge in [-0.15, -0.1) is 0 Å². The van der Waals surface area contributed by atoms with Gasteiger partial charge in [-0.1, -0.05) is 26.7 Å². The number of aliphatic hydroxyl groups excluding tert-OH is 1. The molecule has 6 heteroatoms. The first kappa shape index (κ1) is 16.8. The minimum Gasteiger partial charge on any atom is -0.480 e. The number of rotatable bonds is 7. The summed E-state index contributed by atoms with van der Waals surface area (Å²) in [5, 5.41) is 21.2. The molecule has 0 bridgehead atoms. The highest BCUT2D eigenvalue weighted by Gasteiger charge is 2.43. The molecule has 1 rings (SSSR count). The third-order valence-corrected chi connectivity index (χ3v) is 4.20. The van der Waals surface area contributed by atoms with Crippen molar-refractivity contribution in [3.05, 3.63) is 0 Å². The number of hydrogen-bond acceptors (Lipinski definition) is 3. The Hall–Kier alpha value is -1.30. The number of nitrogens with zero attached hydrogens (tertiary/aromatic N) is 1. The lowest BCUT2D eigenvalue weighted by molar-refractivity contribution is -0.144. The van der Waals surface area contributed by atoms with Crippen molar-refractivity contribution < 1.29 is 19.8 Å². The number of nitrogens with one attached hydrogen (secondary N) is 1. The highest BCUT2D eigenvalue weighted by atomic mass is 16.4. The summed E-state index contributed by atoms with van der Waals surface area (Å²) in [6.07, 6.45) is 4.15. The van der Waals surface area contributed by atoms with Crippen LogP contribution in [-0.4, -0.2) is 51.8 Å². The Balaban J connectivity index is 2.81. The second-order valence-electron chi connectivity index (χ2n) is 5.41. The van der Waals surface area contributed by atoms with Crippen LogP contribution in [0.15, 0.2) is 0 Å². The summed E-state index contributed by atoms with van der Waals surface area (Å²) in [6, 6.07) is -0.355. The van der Waals surface area contributed by atoms with Crippen LogP contribution in [0.1, 0.15) is 52.4 Å². The Bertz CT molecular complexity index is 336. The number of carbonyl (C=O) groups excluding carboxylic acids is 1. The van der Waals surface area contributed by atoms with Crippen LogP contribution in [0.3, 0.4) is 0 Å². The van der Waals surface area contributed by atoms with E-state index in [2.05, 4.69) is 5.32 Å². The molecule has 1 aliphatic carbocycles. The van der Waals surface area contributed by atoms with Crippen LogP contribution in [0.4, 0.5) is 4.79 Å². The Morgan fingerprint density at radius 3 is 2.20 bits per heavy atom. The van der Waals surface area contributed by atoms with Gasteiger partial charge in [0.1, 0.15) is 5.54 Å². The van der Waals surface area contributed by atoms with E-state index < -0.39 is 11.5 Å². The number of aliphatic hydroxyl groups is 1. The molecule has 0 aromatic heterocycles. The molecule has 0 aromatic rings. The topological polar surface area (TPSA) is 89.9 Å². The summed E-state index contributed by atoms with van der Waals surface area (Å²) >= 11 is 0. The number of carboxylic acids is 1. The minimum absolute atomic E-state index is 0.0226. The van der Waals surface area contributed by atoms with Crippen LogP contribution in [0, 0.1) is 0 Å². The maximum absolute atomic E-state index is 12.4. The highest BCUT2D eigenvalue weighted by molar-refractivity contribution is 5.86. The molecule has 1 saturated carbocycles. The smallest absolute Gasteiger partial charge is 0.329 e. The zero-order valence-electron chi connectivity index (χ0n) is 12.4. The van der Waals surface area contributed by atoms with Gasteiger partial charge in [0.05, 0.1) is 6.61 Å². The van der Waals surface area contributed by atoms with Gasteiger partial charge in [0.2, 0.25) is 0 Å². The quantitative estimate of drug-likeness (QED) is 0.662. The molecule has 0 atom stereocenters. The normalized spacial score (nSPS) is 17.2. The van der Waals surface area contributed by atoms with E-state index in [1.165, 1.54) is 0 Å². The highest BCUT2D eigenvalue weighted by Crippen LogP contribution is 2.30. The summed E-state index contributed by atoms with van der Waals surface area (Å²) in [5.74, 6) is -0.961. The summed E-state index contributed by atoms with van der Waals surface area (Å²) in [4.78, 5) is 25.4. The molecule has 20 heavy (non-hydrogen) atoms. The zero-order chi connectivity index (χ0) is 15.2. The third-order valence-electron chi connectivity index (χ3n) is 4.20. The van der Waals surface area contributed by atoms with Crippen LogP contribution in [-0.2, 0) is 4.79 Å². The molecule has 0 spiro atoms. The van der Waals surface area contributed by atoms with Gasteiger partial charge in [0, 0.05) is 12.6 Å². The third kappa shape index (κ3) is 3.62. The second-order valence-corrected chi connectivity index (χ2v) is 5.41. The number of carboxylic acid groups (broad SMARTS) is 1. The molecule has 116 valence electrons. The van der Waals surface area contributed by atoms with Crippen LogP contribution >= 0.6 is 0 Å². The first-order valence-electron chi connectivity index (χ1n) is 7.43. The van der Waals surface area contributed by atoms with E-state index in [-0.39, 0.29) is 25.2 Å². The molecule has 0 radical (unpaired) electrons. The van der Waals surface area contributed by atoms with Crippen molar-refractivity contribution in [2.75, 3.05) is 13.2 Å². The van der Waals surface area contributed by atoms with Gasteiger partial charge in [-0.25, -0.2) is 9.59 Å². The van der Waals surface area contributed by atoms with Crippen LogP contribution < -0.4 is 5.32 Å². The average molecular weight is 286 g/mol. The first-order valence-corrected chi connectivity index (χ1v) is 7.43. The Morgan fingerprint density at radius 2 is 1.80 bits per heavy atom. The van der Waals surface area contributed by atoms with Gasteiger partial charge < -0.3 is 20.4 Å². The number of carbonyl (C=O) groups is 2. The van der Waals surface area contributed by atoms with Gasteiger partial charge in [-0.3, -0.25) is 0 Å². The summed E-state index contributed by atoms with van der Waals surface area (Å²) < 4.78 is 0. The molecular formula is C14H26N2O4. The van der Waals surface area contributed by atoms with Gasteiger partial charge in [0.25, 0.3) is 0 Å². The predicted octanol–water partition coefficient (Wildman–Crippen LogP) is 1.58.